The van der Waals surface area contributed by atoms with E-state index < -0.39 is 0 Å². The van der Waals surface area contributed by atoms with E-state index in [-0.39, 0.29) is 0 Å². The van der Waals surface area contributed by atoms with Gasteiger partial charge in [-0.25, -0.2) is 0 Å². The summed E-state index contributed by atoms with van der Waals surface area (Å²) in [6.45, 7) is 10.8. The van der Waals surface area contributed by atoms with Crippen molar-refractivity contribution in [3.63, 3.8) is 0 Å². The van der Waals surface area contributed by atoms with E-state index in [1.807, 2.05) is 0 Å². The molecule has 0 unspecified atom stereocenters. The Hall–Kier alpha value is -0.0800. The molecule has 0 aromatic carbocycles. The highest BCUT2D eigenvalue weighted by Gasteiger charge is 2.26. The molecule has 0 amide bonds. The Morgan fingerprint density at radius 3 is 2.23 bits per heavy atom. The smallest absolute Gasteiger partial charge is 0.0597 e. The molecule has 0 N–H and O–H groups in total. The molecule has 1 aliphatic rings. The normalized spacial score (nSPS) is 30.2. The number of hydrogen-bond acceptors (Lipinski definition) is 2. The first-order valence-electron chi connectivity index (χ1n) is 5.48. The number of ether oxygens (including phenoxy) is 1. The molecule has 0 aromatic rings. The van der Waals surface area contributed by atoms with Crippen molar-refractivity contribution < 1.29 is 4.74 Å². The third kappa shape index (κ3) is 3.28. The van der Waals surface area contributed by atoms with Crippen LogP contribution in [0.2, 0.25) is 0 Å². The molecule has 0 bridgehead atoms. The van der Waals surface area contributed by atoms with Crippen LogP contribution in [-0.4, -0.2) is 36.2 Å². The van der Waals surface area contributed by atoms with Gasteiger partial charge < -0.3 is 4.74 Å². The number of hydrogen-bond donors (Lipinski definition) is 0. The van der Waals surface area contributed by atoms with Gasteiger partial charge in [-0.1, -0.05) is 0 Å². The fourth-order valence-corrected chi connectivity index (χ4v) is 2.08. The van der Waals surface area contributed by atoms with Crippen LogP contribution in [-0.2, 0) is 4.74 Å². The maximum Gasteiger partial charge on any atom is 0.0597 e. The van der Waals surface area contributed by atoms with E-state index >= 15 is 0 Å². The van der Waals surface area contributed by atoms with Gasteiger partial charge in [-0.2, -0.15) is 0 Å². The quantitative estimate of drug-likeness (QED) is 0.666. The van der Waals surface area contributed by atoms with E-state index in [0.29, 0.717) is 6.10 Å². The molecule has 0 aromatic heterocycles. The molecule has 0 radical (unpaired) electrons. The van der Waals surface area contributed by atoms with E-state index in [9.17, 15) is 0 Å². The molecule has 1 heterocycles. The van der Waals surface area contributed by atoms with Crippen molar-refractivity contribution in [1.82, 2.24) is 4.90 Å². The summed E-state index contributed by atoms with van der Waals surface area (Å²) in [5.41, 5.74) is 0. The Morgan fingerprint density at radius 1 is 1.23 bits per heavy atom. The van der Waals surface area contributed by atoms with Crippen molar-refractivity contribution in [3.05, 3.63) is 0 Å². The topological polar surface area (TPSA) is 12.5 Å². The molecular formula is C11H23NO. The zero-order chi connectivity index (χ0) is 9.84. The van der Waals surface area contributed by atoms with Crippen LogP contribution in [0.5, 0.6) is 0 Å². The predicted octanol–water partition coefficient (Wildman–Crippen LogP) is 2.28. The van der Waals surface area contributed by atoms with Gasteiger partial charge in [0.1, 0.15) is 0 Å². The highest BCUT2D eigenvalue weighted by atomic mass is 16.5. The molecule has 78 valence electrons. The van der Waals surface area contributed by atoms with Crippen LogP contribution in [0, 0.1) is 0 Å². The molecule has 1 rings (SSSR count). The van der Waals surface area contributed by atoms with Crippen LogP contribution in [0.3, 0.4) is 0 Å². The lowest BCUT2D eigenvalue weighted by Crippen LogP contribution is -2.35. The fraction of sp³-hybridized carbons (Fsp3) is 1.00. The molecule has 0 aliphatic carbocycles. The summed E-state index contributed by atoms with van der Waals surface area (Å²) in [5, 5.41) is 0. The van der Waals surface area contributed by atoms with Crippen LogP contribution in [0.15, 0.2) is 0 Å². The first-order chi connectivity index (χ1) is 6.11. The van der Waals surface area contributed by atoms with E-state index in [1.54, 1.807) is 0 Å². The molecule has 1 fully saturated rings. The van der Waals surface area contributed by atoms with E-state index in [4.69, 9.17) is 4.74 Å². The minimum Gasteiger partial charge on any atom is -0.377 e. The third-order valence-corrected chi connectivity index (χ3v) is 2.94. The Morgan fingerprint density at radius 2 is 1.77 bits per heavy atom. The molecule has 1 saturated heterocycles. The standard InChI is InChI=1S/C11H23NO/c1-9(2)13-8-7-12-10(3)5-6-11(12)4/h9-11H,5-8H2,1-4H3/t10-,11-/m1/s1. The second-order valence-electron chi connectivity index (χ2n) is 4.43. The molecule has 0 saturated carbocycles. The summed E-state index contributed by atoms with van der Waals surface area (Å²) in [6, 6.07) is 1.51. The summed E-state index contributed by atoms with van der Waals surface area (Å²) in [7, 11) is 0. The molecule has 2 nitrogen and oxygen atoms in total. The Bertz CT molecular complexity index is 137. The SMILES string of the molecule is CC(C)OCCN1[C@H](C)CC[C@H]1C. The second-order valence-corrected chi connectivity index (χ2v) is 4.43. The van der Waals surface area contributed by atoms with Crippen molar-refractivity contribution in [3.8, 4) is 0 Å². The molecule has 2 heteroatoms. The van der Waals surface area contributed by atoms with Crippen LogP contribution in [0.1, 0.15) is 40.5 Å². The van der Waals surface area contributed by atoms with E-state index in [2.05, 4.69) is 32.6 Å². The maximum atomic E-state index is 5.56. The molecule has 0 spiro atoms. The minimum absolute atomic E-state index is 0.369. The Labute approximate surface area is 82.3 Å². The zero-order valence-corrected chi connectivity index (χ0v) is 9.42. The lowest BCUT2D eigenvalue weighted by Gasteiger charge is -2.26. The number of rotatable bonds is 4. The van der Waals surface area contributed by atoms with Crippen LogP contribution >= 0.6 is 0 Å². The van der Waals surface area contributed by atoms with Gasteiger partial charge in [-0.15, -0.1) is 0 Å². The maximum absolute atomic E-state index is 5.56. The van der Waals surface area contributed by atoms with Gasteiger partial charge in [0.05, 0.1) is 12.7 Å². The van der Waals surface area contributed by atoms with Crippen LogP contribution in [0.4, 0.5) is 0 Å². The van der Waals surface area contributed by atoms with Gasteiger partial charge in [0.15, 0.2) is 0 Å². The monoisotopic (exact) mass is 185 g/mol. The van der Waals surface area contributed by atoms with Crippen molar-refractivity contribution >= 4 is 0 Å². The average Bonchev–Trinajstić information content (AvgIpc) is 2.34. The zero-order valence-electron chi connectivity index (χ0n) is 9.42. The summed E-state index contributed by atoms with van der Waals surface area (Å²) < 4.78 is 5.56. The summed E-state index contributed by atoms with van der Waals surface area (Å²) >= 11 is 0. The lowest BCUT2D eigenvalue weighted by molar-refractivity contribution is 0.0504. The number of nitrogens with zero attached hydrogens (tertiary/aromatic N) is 1. The summed E-state index contributed by atoms with van der Waals surface area (Å²) in [6.07, 6.45) is 3.07. The Balaban J connectivity index is 2.19. The number of likely N-dealkylation sites (tertiary alicyclic amines) is 1. The molecule has 2 atom stereocenters. The fourth-order valence-electron chi connectivity index (χ4n) is 2.08. The third-order valence-electron chi connectivity index (χ3n) is 2.94. The first-order valence-corrected chi connectivity index (χ1v) is 5.48. The van der Waals surface area contributed by atoms with Gasteiger partial charge in [0, 0.05) is 18.6 Å². The predicted molar refractivity (Wildman–Crippen MR) is 56.0 cm³/mol. The minimum atomic E-state index is 0.369. The lowest BCUT2D eigenvalue weighted by atomic mass is 10.2. The van der Waals surface area contributed by atoms with Gasteiger partial charge in [-0.3, -0.25) is 4.90 Å². The largest absolute Gasteiger partial charge is 0.377 e. The summed E-state index contributed by atoms with van der Waals surface area (Å²) in [5.74, 6) is 0. The van der Waals surface area contributed by atoms with E-state index in [1.165, 1.54) is 12.8 Å². The molecule has 1 aliphatic heterocycles. The summed E-state index contributed by atoms with van der Waals surface area (Å²) in [4.78, 5) is 2.56. The average molecular weight is 185 g/mol. The highest BCUT2D eigenvalue weighted by Crippen LogP contribution is 2.22. The van der Waals surface area contributed by atoms with Gasteiger partial charge >= 0.3 is 0 Å². The van der Waals surface area contributed by atoms with Crippen molar-refractivity contribution in [2.24, 2.45) is 0 Å². The van der Waals surface area contributed by atoms with Crippen molar-refractivity contribution in [2.45, 2.75) is 58.7 Å². The van der Waals surface area contributed by atoms with Crippen molar-refractivity contribution in [2.75, 3.05) is 13.2 Å². The Kier molecular flexibility index (Phi) is 4.20. The van der Waals surface area contributed by atoms with Gasteiger partial charge in [-0.05, 0) is 40.5 Å². The van der Waals surface area contributed by atoms with Crippen LogP contribution in [0.25, 0.3) is 0 Å². The van der Waals surface area contributed by atoms with Crippen molar-refractivity contribution in [1.29, 1.82) is 0 Å². The van der Waals surface area contributed by atoms with E-state index in [0.717, 1.165) is 25.2 Å². The highest BCUT2D eigenvalue weighted by molar-refractivity contribution is 4.81. The first kappa shape index (κ1) is 11.0. The van der Waals surface area contributed by atoms with Crippen LogP contribution < -0.4 is 0 Å². The van der Waals surface area contributed by atoms with Gasteiger partial charge in [0.25, 0.3) is 0 Å². The molecule has 13 heavy (non-hydrogen) atoms. The molecular weight excluding hydrogens is 162 g/mol. The van der Waals surface area contributed by atoms with Gasteiger partial charge in [0.2, 0.25) is 0 Å². The second kappa shape index (κ2) is 4.97.